The molecule has 102 valence electrons. The number of sulfonamides is 1. The minimum absolute atomic E-state index is 0.0126. The predicted molar refractivity (Wildman–Crippen MR) is 74.5 cm³/mol. The number of rotatable bonds is 6. The van der Waals surface area contributed by atoms with Crippen molar-refractivity contribution in [1.29, 1.82) is 0 Å². The Kier molecular flexibility index (Phi) is 4.35. The van der Waals surface area contributed by atoms with E-state index < -0.39 is 16.0 Å². The zero-order valence-corrected chi connectivity index (χ0v) is 12.1. The molecule has 19 heavy (non-hydrogen) atoms. The van der Waals surface area contributed by atoms with Gasteiger partial charge >= 0.3 is 5.97 Å². The average Bonchev–Trinajstić information content (AvgIpc) is 2.99. The lowest BCUT2D eigenvalue weighted by Gasteiger charge is -2.03. The first-order valence-corrected chi connectivity index (χ1v) is 8.52. The number of carbonyl (C=O) groups is 1. The van der Waals surface area contributed by atoms with E-state index in [-0.39, 0.29) is 9.09 Å². The van der Waals surface area contributed by atoms with Crippen LogP contribution in [-0.2, 0) is 16.4 Å². The van der Waals surface area contributed by atoms with E-state index in [4.69, 9.17) is 5.11 Å². The zero-order valence-electron chi connectivity index (χ0n) is 9.70. The van der Waals surface area contributed by atoms with Gasteiger partial charge in [0.25, 0.3) is 0 Å². The van der Waals surface area contributed by atoms with Gasteiger partial charge in [-0.05, 0) is 30.0 Å². The van der Waals surface area contributed by atoms with Gasteiger partial charge in [0.1, 0.15) is 9.09 Å². The monoisotopic (exact) mass is 317 g/mol. The highest BCUT2D eigenvalue weighted by molar-refractivity contribution is 7.91. The molecule has 8 heteroatoms. The molecule has 0 atom stereocenters. The van der Waals surface area contributed by atoms with E-state index in [1.54, 1.807) is 11.3 Å². The van der Waals surface area contributed by atoms with Crippen molar-refractivity contribution in [3.63, 3.8) is 0 Å². The summed E-state index contributed by atoms with van der Waals surface area (Å²) < 4.78 is 26.3. The van der Waals surface area contributed by atoms with Crippen LogP contribution in [-0.4, -0.2) is 26.0 Å². The van der Waals surface area contributed by atoms with Crippen LogP contribution in [0, 0.1) is 0 Å². The summed E-state index contributed by atoms with van der Waals surface area (Å²) in [6.45, 7) is 0.295. The van der Waals surface area contributed by atoms with Crippen molar-refractivity contribution in [3.05, 3.63) is 39.4 Å². The normalized spacial score (nSPS) is 11.6. The van der Waals surface area contributed by atoms with Crippen LogP contribution in [0.15, 0.2) is 33.9 Å². The van der Waals surface area contributed by atoms with Crippen LogP contribution in [0.25, 0.3) is 0 Å². The van der Waals surface area contributed by atoms with E-state index >= 15 is 0 Å². The van der Waals surface area contributed by atoms with Crippen molar-refractivity contribution in [1.82, 2.24) is 4.72 Å². The Morgan fingerprint density at radius 2 is 2.11 bits per heavy atom. The van der Waals surface area contributed by atoms with E-state index in [1.807, 2.05) is 17.5 Å². The molecule has 0 aliphatic carbocycles. The highest BCUT2D eigenvalue weighted by Gasteiger charge is 2.18. The van der Waals surface area contributed by atoms with Crippen LogP contribution in [0.5, 0.6) is 0 Å². The van der Waals surface area contributed by atoms with Crippen molar-refractivity contribution in [2.24, 2.45) is 0 Å². The first-order chi connectivity index (χ1) is 8.99. The van der Waals surface area contributed by atoms with E-state index in [0.29, 0.717) is 13.0 Å². The minimum atomic E-state index is -3.62. The molecule has 0 aromatic carbocycles. The predicted octanol–water partition coefficient (Wildman–Crippen LogP) is 2.03. The van der Waals surface area contributed by atoms with Gasteiger partial charge in [-0.25, -0.2) is 17.9 Å². The smallest absolute Gasteiger partial charge is 0.345 e. The number of hydrogen-bond donors (Lipinski definition) is 2. The third-order valence-electron chi connectivity index (χ3n) is 2.30. The summed E-state index contributed by atoms with van der Waals surface area (Å²) in [5.74, 6) is -1.12. The minimum Gasteiger partial charge on any atom is -0.477 e. The van der Waals surface area contributed by atoms with Gasteiger partial charge in [0.15, 0.2) is 0 Å². The van der Waals surface area contributed by atoms with Crippen LogP contribution in [0.3, 0.4) is 0 Å². The van der Waals surface area contributed by atoms with E-state index in [2.05, 4.69) is 4.72 Å². The fourth-order valence-electron chi connectivity index (χ4n) is 1.41. The Bertz CT molecular complexity index is 658. The van der Waals surface area contributed by atoms with Gasteiger partial charge in [-0.3, -0.25) is 0 Å². The summed E-state index contributed by atoms with van der Waals surface area (Å²) in [6, 6.07) is 6.45. The van der Waals surface area contributed by atoms with Crippen LogP contribution >= 0.6 is 22.7 Å². The number of nitrogens with one attached hydrogen (secondary N) is 1. The number of thiophene rings is 2. The molecule has 2 rings (SSSR count). The Morgan fingerprint density at radius 1 is 1.32 bits per heavy atom. The Labute approximate surface area is 118 Å². The van der Waals surface area contributed by atoms with Crippen molar-refractivity contribution < 1.29 is 18.3 Å². The number of carboxylic acid groups (broad SMARTS) is 1. The van der Waals surface area contributed by atoms with Gasteiger partial charge in [0, 0.05) is 11.4 Å². The largest absolute Gasteiger partial charge is 0.477 e. The molecule has 0 aliphatic heterocycles. The van der Waals surface area contributed by atoms with E-state index in [1.165, 1.54) is 12.1 Å². The quantitative estimate of drug-likeness (QED) is 0.854. The molecule has 0 bridgehead atoms. The van der Waals surface area contributed by atoms with Crippen molar-refractivity contribution in [3.8, 4) is 0 Å². The molecular formula is C11H11NO4S3. The van der Waals surface area contributed by atoms with Crippen molar-refractivity contribution in [2.45, 2.75) is 10.6 Å². The van der Waals surface area contributed by atoms with Crippen LogP contribution < -0.4 is 4.72 Å². The molecule has 0 spiro atoms. The van der Waals surface area contributed by atoms with E-state index in [9.17, 15) is 13.2 Å². The SMILES string of the molecule is O=C(O)c1ccc(S(=O)(=O)NCCc2cccs2)s1. The average molecular weight is 317 g/mol. The molecule has 2 aromatic heterocycles. The summed E-state index contributed by atoms with van der Waals surface area (Å²) in [6.07, 6.45) is 0.619. The van der Waals surface area contributed by atoms with Gasteiger partial charge in [-0.15, -0.1) is 22.7 Å². The number of aromatic carboxylic acids is 1. The Hall–Kier alpha value is -1.22. The molecule has 0 unspecified atom stereocenters. The summed E-state index contributed by atoms with van der Waals surface area (Å²) in [5, 5.41) is 10.7. The highest BCUT2D eigenvalue weighted by atomic mass is 32.2. The third kappa shape index (κ3) is 3.63. The molecule has 0 amide bonds. The van der Waals surface area contributed by atoms with Crippen LogP contribution in [0.1, 0.15) is 14.5 Å². The Morgan fingerprint density at radius 3 is 2.68 bits per heavy atom. The van der Waals surface area contributed by atoms with E-state index in [0.717, 1.165) is 16.2 Å². The summed E-state index contributed by atoms with van der Waals surface area (Å²) in [4.78, 5) is 11.8. The lowest BCUT2D eigenvalue weighted by Crippen LogP contribution is -2.25. The first-order valence-electron chi connectivity index (χ1n) is 5.34. The van der Waals surface area contributed by atoms with Crippen molar-refractivity contribution >= 4 is 38.7 Å². The van der Waals surface area contributed by atoms with Gasteiger partial charge in [-0.2, -0.15) is 0 Å². The molecule has 2 N–H and O–H groups in total. The second-order valence-electron chi connectivity index (χ2n) is 3.65. The maximum Gasteiger partial charge on any atom is 0.345 e. The highest BCUT2D eigenvalue weighted by Crippen LogP contribution is 2.21. The first kappa shape index (κ1) is 14.2. The van der Waals surface area contributed by atoms with Crippen LogP contribution in [0.4, 0.5) is 0 Å². The van der Waals surface area contributed by atoms with Gasteiger partial charge in [-0.1, -0.05) is 6.07 Å². The zero-order chi connectivity index (χ0) is 13.9. The summed E-state index contributed by atoms with van der Waals surface area (Å²) in [5.41, 5.74) is 0. The standard InChI is InChI=1S/C11H11NO4S3/c13-11(14)9-3-4-10(18-9)19(15,16)12-6-5-8-2-1-7-17-8/h1-4,7,12H,5-6H2,(H,13,14). The molecule has 0 saturated heterocycles. The second kappa shape index (κ2) is 5.83. The molecule has 5 nitrogen and oxygen atoms in total. The van der Waals surface area contributed by atoms with Crippen LogP contribution in [0.2, 0.25) is 0 Å². The summed E-state index contributed by atoms with van der Waals surface area (Å²) >= 11 is 2.32. The van der Waals surface area contributed by atoms with Gasteiger partial charge in [0.2, 0.25) is 10.0 Å². The molecule has 0 fully saturated rings. The molecule has 2 heterocycles. The molecule has 2 aromatic rings. The van der Waals surface area contributed by atoms with Gasteiger partial charge < -0.3 is 5.11 Å². The number of hydrogen-bond acceptors (Lipinski definition) is 5. The number of carboxylic acids is 1. The summed E-state index contributed by atoms with van der Waals surface area (Å²) in [7, 11) is -3.62. The molecule has 0 saturated carbocycles. The topological polar surface area (TPSA) is 83.5 Å². The lowest BCUT2D eigenvalue weighted by atomic mass is 10.3. The molecular weight excluding hydrogens is 306 g/mol. The fraction of sp³-hybridized carbons (Fsp3) is 0.182. The Balaban J connectivity index is 1.99. The van der Waals surface area contributed by atoms with Gasteiger partial charge in [0.05, 0.1) is 0 Å². The molecule has 0 aliphatic rings. The third-order valence-corrected chi connectivity index (χ3v) is 6.26. The molecule has 0 radical (unpaired) electrons. The second-order valence-corrected chi connectivity index (χ2v) is 7.76. The fourth-order valence-corrected chi connectivity index (χ4v) is 4.34. The lowest BCUT2D eigenvalue weighted by molar-refractivity contribution is 0.0702. The van der Waals surface area contributed by atoms with Crippen molar-refractivity contribution in [2.75, 3.05) is 6.54 Å². The maximum atomic E-state index is 11.9. The maximum absolute atomic E-state index is 11.9.